The van der Waals surface area contributed by atoms with Crippen LogP contribution in [-0.2, 0) is 31.7 Å². The SMILES string of the molecule is O=C([O-])C1CCCC[N-]1.O=C([O-])C1CCCC[N-]1.O=C([O-])C1CCCC[N-]1.[Cr+6]. The number of carboxylic acids is 3. The van der Waals surface area contributed by atoms with Crippen LogP contribution in [0.4, 0.5) is 0 Å². The molecule has 0 saturated carbocycles. The molecule has 3 aliphatic rings. The second-order valence-corrected chi connectivity index (χ2v) is 6.71. The zero-order valence-electron chi connectivity index (χ0n) is 15.9. The van der Waals surface area contributed by atoms with Crippen LogP contribution < -0.4 is 15.3 Å². The molecule has 3 rings (SSSR count). The van der Waals surface area contributed by atoms with Crippen LogP contribution in [0, 0.1) is 0 Å². The molecule has 3 heterocycles. The van der Waals surface area contributed by atoms with Crippen LogP contribution >= 0.6 is 0 Å². The van der Waals surface area contributed by atoms with E-state index in [1.54, 1.807) is 0 Å². The third-order valence-corrected chi connectivity index (χ3v) is 4.52. The van der Waals surface area contributed by atoms with Gasteiger partial charge in [0.2, 0.25) is 0 Å². The fourth-order valence-electron chi connectivity index (χ4n) is 2.94. The molecule has 0 aliphatic carbocycles. The van der Waals surface area contributed by atoms with Crippen molar-refractivity contribution in [1.29, 1.82) is 0 Å². The number of carbonyl (C=O) groups excluding carboxylic acids is 3. The zero-order chi connectivity index (χ0) is 20.1. The van der Waals surface area contributed by atoms with E-state index in [2.05, 4.69) is 16.0 Å². The van der Waals surface area contributed by atoms with Gasteiger partial charge in [0.25, 0.3) is 0 Å². The minimum absolute atomic E-state index is 0. The maximum absolute atomic E-state index is 10.1. The molecule has 0 aromatic rings. The van der Waals surface area contributed by atoms with Gasteiger partial charge in [-0.15, -0.1) is 19.6 Å². The molecular weight excluding hydrogens is 406 g/mol. The third kappa shape index (κ3) is 11.6. The van der Waals surface area contributed by atoms with Crippen molar-refractivity contribution in [3.8, 4) is 0 Å². The molecule has 3 aliphatic heterocycles. The molecule has 10 heteroatoms. The average molecular weight is 433 g/mol. The molecule has 0 aromatic heterocycles. The van der Waals surface area contributed by atoms with Crippen molar-refractivity contribution in [2.45, 2.75) is 75.9 Å². The Bertz CT molecular complexity index is 396. The summed E-state index contributed by atoms with van der Waals surface area (Å²) in [6, 6.07) is -1.55. The van der Waals surface area contributed by atoms with Gasteiger partial charge in [0.15, 0.2) is 0 Å². The van der Waals surface area contributed by atoms with Gasteiger partial charge in [-0.25, -0.2) is 0 Å². The van der Waals surface area contributed by atoms with Crippen LogP contribution in [-0.4, -0.2) is 55.7 Å². The molecule has 0 N–H and O–H groups in total. The first-order chi connectivity index (χ1) is 12.9. The van der Waals surface area contributed by atoms with Gasteiger partial charge in [-0.05, 0) is 0 Å². The van der Waals surface area contributed by atoms with Gasteiger partial charge in [0, 0.05) is 17.9 Å². The number of hydrogen-bond donors (Lipinski definition) is 0. The fourth-order valence-corrected chi connectivity index (χ4v) is 2.94. The molecule has 0 amide bonds. The summed E-state index contributed by atoms with van der Waals surface area (Å²) in [6.07, 6.45) is 8.02. The average Bonchev–Trinajstić information content (AvgIpc) is 2.71. The van der Waals surface area contributed by atoms with Gasteiger partial charge < -0.3 is 45.7 Å². The first-order valence-electron chi connectivity index (χ1n) is 9.54. The first-order valence-corrected chi connectivity index (χ1v) is 9.54. The monoisotopic (exact) mass is 433 g/mol. The van der Waals surface area contributed by atoms with Gasteiger partial charge in [-0.3, -0.25) is 0 Å². The van der Waals surface area contributed by atoms with E-state index in [4.69, 9.17) is 0 Å². The summed E-state index contributed by atoms with van der Waals surface area (Å²) in [5.41, 5.74) is 0. The van der Waals surface area contributed by atoms with Crippen molar-refractivity contribution in [2.24, 2.45) is 0 Å². The van der Waals surface area contributed by atoms with Crippen molar-refractivity contribution in [3.05, 3.63) is 16.0 Å². The second kappa shape index (κ2) is 15.7. The summed E-state index contributed by atoms with van der Waals surface area (Å²) in [5.74, 6) is -3.06. The molecule has 9 nitrogen and oxygen atoms in total. The van der Waals surface area contributed by atoms with Gasteiger partial charge in [-0.1, -0.05) is 75.9 Å². The van der Waals surface area contributed by atoms with E-state index in [0.29, 0.717) is 38.9 Å². The first kappa shape index (κ1) is 26.8. The Kier molecular flexibility index (Phi) is 15.1. The van der Waals surface area contributed by atoms with Crippen LogP contribution in [0.2, 0.25) is 0 Å². The van der Waals surface area contributed by atoms with Crippen molar-refractivity contribution >= 4 is 17.9 Å². The van der Waals surface area contributed by atoms with Crippen molar-refractivity contribution in [2.75, 3.05) is 19.6 Å². The largest absolute Gasteiger partial charge is 6.00 e. The van der Waals surface area contributed by atoms with E-state index in [-0.39, 0.29) is 17.4 Å². The summed E-state index contributed by atoms with van der Waals surface area (Å²) in [6.45, 7) is 2.08. The minimum atomic E-state index is -1.02. The van der Waals surface area contributed by atoms with E-state index < -0.39 is 36.0 Å². The quantitative estimate of drug-likeness (QED) is 0.553. The molecule has 3 saturated heterocycles. The molecule has 0 spiro atoms. The predicted molar refractivity (Wildman–Crippen MR) is 92.6 cm³/mol. The fraction of sp³-hybridized carbons (Fsp3) is 0.833. The van der Waals surface area contributed by atoms with E-state index >= 15 is 0 Å². The topological polar surface area (TPSA) is 163 Å². The van der Waals surface area contributed by atoms with Gasteiger partial charge in [-0.2, -0.15) is 0 Å². The maximum atomic E-state index is 10.1. The Labute approximate surface area is 176 Å². The van der Waals surface area contributed by atoms with E-state index in [9.17, 15) is 29.7 Å². The number of hydrogen-bond acceptors (Lipinski definition) is 6. The normalized spacial score (nSPS) is 26.8. The molecule has 3 atom stereocenters. The van der Waals surface area contributed by atoms with Crippen LogP contribution in [0.1, 0.15) is 57.8 Å². The second-order valence-electron chi connectivity index (χ2n) is 6.71. The summed E-state index contributed by atoms with van der Waals surface area (Å²) < 4.78 is 0. The van der Waals surface area contributed by atoms with E-state index in [1.165, 1.54) is 0 Å². The smallest absolute Gasteiger partial charge is 0.655 e. The van der Waals surface area contributed by atoms with Crippen LogP contribution in [0.25, 0.3) is 16.0 Å². The Morgan fingerprint density at radius 3 is 0.893 bits per heavy atom. The Hall–Kier alpha value is -1.18. The summed E-state index contributed by atoms with van der Waals surface area (Å²) >= 11 is 0. The van der Waals surface area contributed by atoms with Crippen LogP contribution in [0.15, 0.2) is 0 Å². The number of carbonyl (C=O) groups is 3. The number of carboxylic acid groups (broad SMARTS) is 3. The maximum Gasteiger partial charge on any atom is 6.00 e. The van der Waals surface area contributed by atoms with Crippen LogP contribution in [0.5, 0.6) is 0 Å². The molecule has 0 bridgehead atoms. The van der Waals surface area contributed by atoms with Crippen molar-refractivity contribution in [1.82, 2.24) is 0 Å². The third-order valence-electron chi connectivity index (χ3n) is 4.52. The molecule has 3 fully saturated rings. The van der Waals surface area contributed by atoms with Gasteiger partial charge >= 0.3 is 17.4 Å². The molecule has 28 heavy (non-hydrogen) atoms. The summed E-state index contributed by atoms with van der Waals surface area (Å²) in [7, 11) is 0. The van der Waals surface area contributed by atoms with Gasteiger partial charge in [0.1, 0.15) is 0 Å². The molecule has 0 aromatic carbocycles. The summed E-state index contributed by atoms with van der Waals surface area (Å²) in [4.78, 5) is 30.4. The molecular formula is C18H27CrN3O6. The number of rotatable bonds is 3. The Balaban J connectivity index is 0.000000384. The van der Waals surface area contributed by atoms with Gasteiger partial charge in [0.05, 0.1) is 0 Å². The molecule has 0 radical (unpaired) electrons. The zero-order valence-corrected chi connectivity index (χ0v) is 17.2. The Morgan fingerprint density at radius 1 is 0.536 bits per heavy atom. The predicted octanol–water partition coefficient (Wildman–Crippen LogP) is -1.01. The number of piperidine rings is 3. The number of nitrogens with zero attached hydrogens (tertiary/aromatic N) is 3. The number of aliphatic carboxylic acids is 3. The van der Waals surface area contributed by atoms with Crippen molar-refractivity contribution in [3.63, 3.8) is 0 Å². The summed E-state index contributed by atoms with van der Waals surface area (Å²) in [5, 5.41) is 42.0. The standard InChI is InChI=1S/3C6H10NO2.Cr/c3*8-6(9)5-3-1-2-4-7-5;/h3*5H,1-4H2,(H,8,9);/q3*-1;+6/p-3. The minimum Gasteiger partial charge on any atom is -0.655 e. The molecule has 3 unspecified atom stereocenters. The van der Waals surface area contributed by atoms with E-state index in [1.807, 2.05) is 0 Å². The van der Waals surface area contributed by atoms with E-state index in [0.717, 1.165) is 38.5 Å². The van der Waals surface area contributed by atoms with Crippen LogP contribution in [0.3, 0.4) is 0 Å². The van der Waals surface area contributed by atoms with Crippen molar-refractivity contribution < 1.29 is 47.1 Å². The molecule has 156 valence electrons. The Morgan fingerprint density at radius 2 is 0.786 bits per heavy atom.